The fourth-order valence-corrected chi connectivity index (χ4v) is 5.07. The SMILES string of the molecule is CCCCOC(=O)c1ccc(-n2c(C)cc(/C=C3\SC(=O)N(Cc4cccc(C)c4)C3=O)c2C)cc1. The van der Waals surface area contributed by atoms with Gasteiger partial charge in [-0.25, -0.2) is 4.79 Å². The molecule has 186 valence electrons. The molecule has 0 N–H and O–H groups in total. The Labute approximate surface area is 215 Å². The molecule has 2 aromatic carbocycles. The van der Waals surface area contributed by atoms with Crippen molar-refractivity contribution in [1.82, 2.24) is 9.47 Å². The van der Waals surface area contributed by atoms with E-state index in [0.717, 1.165) is 58.4 Å². The summed E-state index contributed by atoms with van der Waals surface area (Å²) >= 11 is 0.971. The van der Waals surface area contributed by atoms with E-state index in [-0.39, 0.29) is 23.7 Å². The molecule has 0 aliphatic carbocycles. The lowest BCUT2D eigenvalue weighted by Crippen LogP contribution is -2.27. The van der Waals surface area contributed by atoms with Crippen molar-refractivity contribution >= 4 is 35.0 Å². The van der Waals surface area contributed by atoms with Gasteiger partial charge >= 0.3 is 5.97 Å². The highest BCUT2D eigenvalue weighted by molar-refractivity contribution is 8.18. The van der Waals surface area contributed by atoms with Crippen LogP contribution in [0.4, 0.5) is 4.79 Å². The first-order valence-corrected chi connectivity index (χ1v) is 12.9. The van der Waals surface area contributed by atoms with Crippen LogP contribution in [-0.2, 0) is 16.1 Å². The van der Waals surface area contributed by atoms with Crippen molar-refractivity contribution in [3.05, 3.63) is 93.1 Å². The minimum Gasteiger partial charge on any atom is -0.462 e. The molecule has 0 atom stereocenters. The zero-order chi connectivity index (χ0) is 25.8. The van der Waals surface area contributed by atoms with E-state index in [1.807, 2.05) is 63.2 Å². The lowest BCUT2D eigenvalue weighted by molar-refractivity contribution is -0.123. The largest absolute Gasteiger partial charge is 0.462 e. The molecular formula is C29H30N2O4S. The van der Waals surface area contributed by atoms with Crippen LogP contribution in [0.15, 0.2) is 59.5 Å². The fraction of sp³-hybridized carbons (Fsp3) is 0.276. The number of imide groups is 1. The Kier molecular flexibility index (Phi) is 7.79. The number of unbranched alkanes of at least 4 members (excludes halogenated alkanes) is 1. The van der Waals surface area contributed by atoms with Gasteiger partial charge in [0.2, 0.25) is 0 Å². The molecule has 0 saturated carbocycles. The lowest BCUT2D eigenvalue weighted by atomic mass is 10.1. The quantitative estimate of drug-likeness (QED) is 0.197. The Hall–Kier alpha value is -3.58. The summed E-state index contributed by atoms with van der Waals surface area (Å²) in [6.45, 7) is 8.68. The summed E-state index contributed by atoms with van der Waals surface area (Å²) in [5, 5.41) is -0.261. The molecule has 0 radical (unpaired) electrons. The molecule has 2 heterocycles. The molecule has 1 fully saturated rings. The van der Waals surface area contributed by atoms with E-state index < -0.39 is 0 Å². The molecule has 1 aliphatic rings. The van der Waals surface area contributed by atoms with Crippen LogP contribution < -0.4 is 0 Å². The number of carbonyl (C=O) groups is 3. The van der Waals surface area contributed by atoms with Crippen LogP contribution in [0.5, 0.6) is 0 Å². The van der Waals surface area contributed by atoms with Gasteiger partial charge in [-0.05, 0) is 86.5 Å². The zero-order valence-corrected chi connectivity index (χ0v) is 21.9. The first-order chi connectivity index (χ1) is 17.3. The maximum Gasteiger partial charge on any atom is 0.338 e. The predicted molar refractivity (Wildman–Crippen MR) is 143 cm³/mol. The number of hydrogen-bond acceptors (Lipinski definition) is 5. The van der Waals surface area contributed by atoms with Gasteiger partial charge in [-0.2, -0.15) is 0 Å². The summed E-state index contributed by atoms with van der Waals surface area (Å²) in [6, 6.07) is 17.1. The number of thioether (sulfide) groups is 1. The van der Waals surface area contributed by atoms with Crippen molar-refractivity contribution in [2.24, 2.45) is 0 Å². The van der Waals surface area contributed by atoms with Gasteiger partial charge in [0.1, 0.15) is 0 Å². The monoisotopic (exact) mass is 502 g/mol. The number of carbonyl (C=O) groups excluding carboxylic acids is 3. The average Bonchev–Trinajstić information content (AvgIpc) is 3.28. The van der Waals surface area contributed by atoms with Crippen LogP contribution in [0, 0.1) is 20.8 Å². The van der Waals surface area contributed by atoms with Gasteiger partial charge < -0.3 is 9.30 Å². The standard InChI is InChI=1S/C29H30N2O4S/c1-5-6-14-35-28(33)23-10-12-25(13-11-23)31-20(3)16-24(21(31)4)17-26-27(32)30(29(34)36-26)18-22-9-7-8-19(2)15-22/h7-13,15-17H,5-6,14,18H2,1-4H3/b26-17-. The third kappa shape index (κ3) is 5.46. The summed E-state index contributed by atoms with van der Waals surface area (Å²) in [4.78, 5) is 39.6. The summed E-state index contributed by atoms with van der Waals surface area (Å²) in [7, 11) is 0. The molecule has 2 amide bonds. The molecule has 6 nitrogen and oxygen atoms in total. The number of nitrogens with zero attached hydrogens (tertiary/aromatic N) is 2. The van der Waals surface area contributed by atoms with Gasteiger partial charge in [-0.1, -0.05) is 43.2 Å². The van der Waals surface area contributed by atoms with E-state index in [2.05, 4.69) is 11.5 Å². The molecule has 36 heavy (non-hydrogen) atoms. The Morgan fingerprint density at radius 1 is 1.03 bits per heavy atom. The summed E-state index contributed by atoms with van der Waals surface area (Å²) in [5.74, 6) is -0.597. The van der Waals surface area contributed by atoms with Crippen molar-refractivity contribution in [3.8, 4) is 5.69 Å². The summed E-state index contributed by atoms with van der Waals surface area (Å²) in [6.07, 6.45) is 3.61. The molecule has 1 saturated heterocycles. The van der Waals surface area contributed by atoms with Crippen molar-refractivity contribution in [1.29, 1.82) is 0 Å². The topological polar surface area (TPSA) is 68.6 Å². The number of aromatic nitrogens is 1. The predicted octanol–water partition coefficient (Wildman–Crippen LogP) is 6.60. The van der Waals surface area contributed by atoms with Crippen LogP contribution >= 0.6 is 11.8 Å². The van der Waals surface area contributed by atoms with Crippen LogP contribution in [0.1, 0.15) is 58.2 Å². The molecule has 1 aliphatic heterocycles. The second-order valence-corrected chi connectivity index (χ2v) is 9.95. The molecular weight excluding hydrogens is 472 g/mol. The number of rotatable bonds is 8. The van der Waals surface area contributed by atoms with Gasteiger partial charge in [0.15, 0.2) is 0 Å². The first kappa shape index (κ1) is 25.5. The van der Waals surface area contributed by atoms with Crippen LogP contribution in [0.25, 0.3) is 11.8 Å². The zero-order valence-electron chi connectivity index (χ0n) is 21.0. The van der Waals surface area contributed by atoms with E-state index in [4.69, 9.17) is 4.74 Å². The van der Waals surface area contributed by atoms with Crippen LogP contribution in [-0.4, -0.2) is 33.2 Å². The smallest absolute Gasteiger partial charge is 0.338 e. The number of benzene rings is 2. The molecule has 1 aromatic heterocycles. The lowest BCUT2D eigenvalue weighted by Gasteiger charge is -2.12. The first-order valence-electron chi connectivity index (χ1n) is 12.1. The summed E-state index contributed by atoms with van der Waals surface area (Å²) < 4.78 is 7.36. The highest BCUT2D eigenvalue weighted by Gasteiger charge is 2.35. The minimum atomic E-state index is -0.321. The Bertz CT molecular complexity index is 1340. The van der Waals surface area contributed by atoms with Crippen molar-refractivity contribution < 1.29 is 19.1 Å². The molecule has 0 spiro atoms. The molecule has 7 heteroatoms. The second kappa shape index (κ2) is 11.0. The molecule has 0 bridgehead atoms. The van der Waals surface area contributed by atoms with Crippen LogP contribution in [0.3, 0.4) is 0 Å². The maximum absolute atomic E-state index is 13.0. The number of hydrogen-bond donors (Lipinski definition) is 0. The van der Waals surface area contributed by atoms with Gasteiger partial charge in [0.25, 0.3) is 11.1 Å². The fourth-order valence-electron chi connectivity index (χ4n) is 4.24. The Morgan fingerprint density at radius 3 is 2.47 bits per heavy atom. The van der Waals surface area contributed by atoms with E-state index >= 15 is 0 Å². The number of ether oxygens (including phenoxy) is 1. The maximum atomic E-state index is 13.0. The minimum absolute atomic E-state index is 0.260. The van der Waals surface area contributed by atoms with Gasteiger partial charge in [0, 0.05) is 17.1 Å². The van der Waals surface area contributed by atoms with E-state index in [1.165, 1.54) is 4.90 Å². The number of amides is 2. The van der Waals surface area contributed by atoms with Crippen molar-refractivity contribution in [2.75, 3.05) is 6.61 Å². The van der Waals surface area contributed by atoms with Crippen molar-refractivity contribution in [2.45, 2.75) is 47.1 Å². The van der Waals surface area contributed by atoms with E-state index in [9.17, 15) is 14.4 Å². The Morgan fingerprint density at radius 2 is 1.78 bits per heavy atom. The second-order valence-electron chi connectivity index (χ2n) is 8.96. The Balaban J connectivity index is 1.53. The van der Waals surface area contributed by atoms with E-state index in [1.54, 1.807) is 18.2 Å². The van der Waals surface area contributed by atoms with Gasteiger partial charge in [0.05, 0.1) is 23.6 Å². The van der Waals surface area contributed by atoms with Crippen molar-refractivity contribution in [3.63, 3.8) is 0 Å². The molecule has 0 unspecified atom stereocenters. The molecule has 4 rings (SSSR count). The number of aryl methyl sites for hydroxylation is 2. The van der Waals surface area contributed by atoms with E-state index in [0.29, 0.717) is 17.1 Å². The third-order valence-corrected chi connectivity index (χ3v) is 7.05. The normalized spacial score (nSPS) is 14.7. The highest BCUT2D eigenvalue weighted by Crippen LogP contribution is 2.34. The number of esters is 1. The summed E-state index contributed by atoms with van der Waals surface area (Å²) in [5.41, 5.74) is 6.23. The average molecular weight is 503 g/mol. The molecule has 3 aromatic rings. The van der Waals surface area contributed by atoms with Gasteiger partial charge in [-0.3, -0.25) is 14.5 Å². The highest BCUT2D eigenvalue weighted by atomic mass is 32.2. The van der Waals surface area contributed by atoms with Crippen LogP contribution in [0.2, 0.25) is 0 Å². The van der Waals surface area contributed by atoms with Gasteiger partial charge in [-0.15, -0.1) is 0 Å². The third-order valence-electron chi connectivity index (χ3n) is 6.15.